The van der Waals surface area contributed by atoms with Crippen molar-refractivity contribution in [1.29, 1.82) is 0 Å². The van der Waals surface area contributed by atoms with Crippen molar-refractivity contribution in [3.05, 3.63) is 0 Å². The van der Waals surface area contributed by atoms with Crippen molar-refractivity contribution in [2.24, 2.45) is 0 Å². The number of carbonyl (C=O) groups excluding carboxylic acids is 2. The van der Waals surface area contributed by atoms with Gasteiger partial charge in [0.05, 0.1) is 0 Å². The van der Waals surface area contributed by atoms with Gasteiger partial charge in [-0.2, -0.15) is 0 Å². The van der Waals surface area contributed by atoms with E-state index >= 15 is 0 Å². The van der Waals surface area contributed by atoms with Crippen LogP contribution in [0.3, 0.4) is 0 Å². The smallest absolute Gasteiger partial charge is 0.448 e. The zero-order valence-electron chi connectivity index (χ0n) is 6.52. The van der Waals surface area contributed by atoms with E-state index in [0.717, 1.165) is 0 Å². The van der Waals surface area contributed by atoms with Crippen molar-refractivity contribution in [2.75, 3.05) is 0 Å². The second-order valence-electron chi connectivity index (χ2n) is 1.93. The fourth-order valence-corrected chi connectivity index (χ4v) is 0.539. The maximum atomic E-state index is 10.8. The van der Waals surface area contributed by atoms with Gasteiger partial charge in [-0.05, 0) is 6.42 Å². The highest BCUT2D eigenvalue weighted by Gasteiger charge is 2.15. The Morgan fingerprint density at radius 1 is 1.58 bits per heavy atom. The SMILES string of the molecule is CCCC(=O)N(C=O)OC(=O)O. The number of carboxylic acid groups (broad SMARTS) is 1. The Kier molecular flexibility index (Phi) is 4.43. The highest BCUT2D eigenvalue weighted by atomic mass is 16.8. The van der Waals surface area contributed by atoms with Gasteiger partial charge in [-0.15, -0.1) is 5.06 Å². The molecule has 0 heterocycles. The fraction of sp³-hybridized carbons (Fsp3) is 0.500. The average Bonchev–Trinajstić information content (AvgIpc) is 2.00. The van der Waals surface area contributed by atoms with Crippen molar-refractivity contribution < 1.29 is 24.3 Å². The maximum Gasteiger partial charge on any atom is 0.531 e. The molecule has 0 aliphatic heterocycles. The van der Waals surface area contributed by atoms with Gasteiger partial charge in [0.15, 0.2) is 0 Å². The predicted molar refractivity (Wildman–Crippen MR) is 36.9 cm³/mol. The van der Waals surface area contributed by atoms with E-state index in [-0.39, 0.29) is 17.9 Å². The van der Waals surface area contributed by atoms with E-state index in [0.29, 0.717) is 6.42 Å². The maximum absolute atomic E-state index is 10.8. The lowest BCUT2D eigenvalue weighted by atomic mass is 10.3. The molecule has 0 aromatic carbocycles. The Balaban J connectivity index is 4.05. The van der Waals surface area contributed by atoms with Crippen LogP contribution in [0.4, 0.5) is 4.79 Å². The van der Waals surface area contributed by atoms with Gasteiger partial charge in [0.25, 0.3) is 12.3 Å². The summed E-state index contributed by atoms with van der Waals surface area (Å²) in [7, 11) is 0. The van der Waals surface area contributed by atoms with Crippen molar-refractivity contribution in [3.8, 4) is 0 Å². The number of amides is 2. The molecule has 0 spiro atoms. The molecule has 0 bridgehead atoms. The third kappa shape index (κ3) is 3.55. The lowest BCUT2D eigenvalue weighted by Crippen LogP contribution is -2.31. The van der Waals surface area contributed by atoms with Crippen molar-refractivity contribution >= 4 is 18.5 Å². The molecule has 0 aromatic rings. The number of hydrogen-bond acceptors (Lipinski definition) is 4. The van der Waals surface area contributed by atoms with Crippen molar-refractivity contribution in [1.82, 2.24) is 5.06 Å². The molecule has 0 aliphatic rings. The largest absolute Gasteiger partial charge is 0.531 e. The van der Waals surface area contributed by atoms with Gasteiger partial charge in [0.2, 0.25) is 0 Å². The summed E-state index contributed by atoms with van der Waals surface area (Å²) in [5.41, 5.74) is 0. The highest BCUT2D eigenvalue weighted by Crippen LogP contribution is 1.95. The van der Waals surface area contributed by atoms with Gasteiger partial charge in [-0.1, -0.05) is 6.92 Å². The van der Waals surface area contributed by atoms with Crippen LogP contribution in [0.15, 0.2) is 0 Å². The quantitative estimate of drug-likeness (QED) is 0.495. The van der Waals surface area contributed by atoms with E-state index in [1.54, 1.807) is 6.92 Å². The first-order valence-electron chi connectivity index (χ1n) is 3.30. The third-order valence-corrected chi connectivity index (χ3v) is 0.982. The van der Waals surface area contributed by atoms with E-state index in [2.05, 4.69) is 4.84 Å². The summed E-state index contributed by atoms with van der Waals surface area (Å²) in [6.45, 7) is 1.72. The molecule has 6 nitrogen and oxygen atoms in total. The summed E-state index contributed by atoms with van der Waals surface area (Å²) in [6, 6.07) is 0. The Morgan fingerprint density at radius 2 is 2.17 bits per heavy atom. The molecule has 0 fully saturated rings. The molecule has 0 aliphatic carbocycles. The second kappa shape index (κ2) is 5.11. The number of rotatable bonds is 3. The average molecular weight is 175 g/mol. The van der Waals surface area contributed by atoms with Crippen LogP contribution in [0.5, 0.6) is 0 Å². The second-order valence-corrected chi connectivity index (χ2v) is 1.93. The zero-order chi connectivity index (χ0) is 9.56. The predicted octanol–water partition coefficient (Wildman–Crippen LogP) is 0.381. The summed E-state index contributed by atoms with van der Waals surface area (Å²) >= 11 is 0. The Bertz CT molecular complexity index is 190. The molecule has 12 heavy (non-hydrogen) atoms. The van der Waals surface area contributed by atoms with E-state index < -0.39 is 12.1 Å². The van der Waals surface area contributed by atoms with E-state index in [9.17, 15) is 14.4 Å². The summed E-state index contributed by atoms with van der Waals surface area (Å²) in [5.74, 6) is -0.671. The summed E-state index contributed by atoms with van der Waals surface area (Å²) in [5, 5.41) is 8.22. The van der Waals surface area contributed by atoms with Gasteiger partial charge in [-0.25, -0.2) is 4.79 Å². The molecule has 0 rings (SSSR count). The molecule has 0 atom stereocenters. The molecule has 0 aromatic heterocycles. The van der Waals surface area contributed by atoms with E-state index in [4.69, 9.17) is 5.11 Å². The molecular weight excluding hydrogens is 166 g/mol. The van der Waals surface area contributed by atoms with Crippen LogP contribution >= 0.6 is 0 Å². The molecule has 6 heteroatoms. The van der Waals surface area contributed by atoms with Crippen molar-refractivity contribution in [2.45, 2.75) is 19.8 Å². The molecule has 0 radical (unpaired) electrons. The van der Waals surface area contributed by atoms with Gasteiger partial charge < -0.3 is 5.11 Å². The highest BCUT2D eigenvalue weighted by molar-refractivity contribution is 5.85. The van der Waals surface area contributed by atoms with E-state index in [1.807, 2.05) is 0 Å². The van der Waals surface area contributed by atoms with Crippen LogP contribution in [-0.2, 0) is 14.4 Å². The summed E-state index contributed by atoms with van der Waals surface area (Å²) in [4.78, 5) is 34.6. The first kappa shape index (κ1) is 10.4. The molecule has 2 amide bonds. The van der Waals surface area contributed by atoms with Crippen LogP contribution in [0.25, 0.3) is 0 Å². The Labute approximate surface area is 68.7 Å². The minimum absolute atomic E-state index is 0.0200. The molecule has 68 valence electrons. The number of hydroxylamine groups is 2. The van der Waals surface area contributed by atoms with Gasteiger partial charge in [0.1, 0.15) is 0 Å². The minimum atomic E-state index is -1.69. The fourth-order valence-electron chi connectivity index (χ4n) is 0.539. The lowest BCUT2D eigenvalue weighted by Gasteiger charge is -2.10. The lowest BCUT2D eigenvalue weighted by molar-refractivity contribution is -0.174. The number of hydrogen-bond donors (Lipinski definition) is 1. The van der Waals surface area contributed by atoms with Crippen LogP contribution in [-0.4, -0.2) is 28.6 Å². The molecule has 0 unspecified atom stereocenters. The van der Waals surface area contributed by atoms with Crippen LogP contribution < -0.4 is 0 Å². The van der Waals surface area contributed by atoms with Gasteiger partial charge in [-0.3, -0.25) is 14.4 Å². The first-order valence-corrected chi connectivity index (χ1v) is 3.30. The standard InChI is InChI=1S/C6H9NO5/c1-2-3-5(9)7(4-8)12-6(10)11/h4H,2-3H2,1H3,(H,10,11). The molecule has 1 N–H and O–H groups in total. The third-order valence-electron chi connectivity index (χ3n) is 0.982. The van der Waals surface area contributed by atoms with Gasteiger partial charge >= 0.3 is 6.16 Å². The normalized spacial score (nSPS) is 8.75. The topological polar surface area (TPSA) is 83.9 Å². The molecular formula is C6H9NO5. The number of nitrogens with zero attached hydrogens (tertiary/aromatic N) is 1. The van der Waals surface area contributed by atoms with Gasteiger partial charge in [0, 0.05) is 6.42 Å². The first-order chi connectivity index (χ1) is 5.61. The minimum Gasteiger partial charge on any atom is -0.448 e. The number of carbonyl (C=O) groups is 3. The summed E-state index contributed by atoms with van der Waals surface area (Å²) in [6.07, 6.45) is -1.07. The van der Waals surface area contributed by atoms with E-state index in [1.165, 1.54) is 0 Å². The van der Waals surface area contributed by atoms with Crippen LogP contribution in [0, 0.1) is 0 Å². The Morgan fingerprint density at radius 3 is 2.50 bits per heavy atom. The van der Waals surface area contributed by atoms with Crippen LogP contribution in [0.1, 0.15) is 19.8 Å². The Hall–Kier alpha value is -1.59. The van der Waals surface area contributed by atoms with Crippen molar-refractivity contribution in [3.63, 3.8) is 0 Å². The van der Waals surface area contributed by atoms with Crippen LogP contribution in [0.2, 0.25) is 0 Å². The molecule has 0 saturated heterocycles. The number of imide groups is 1. The monoisotopic (exact) mass is 175 g/mol. The zero-order valence-corrected chi connectivity index (χ0v) is 6.52. The molecule has 0 saturated carbocycles. The summed E-state index contributed by atoms with van der Waals surface area (Å²) < 4.78 is 0.